The van der Waals surface area contributed by atoms with E-state index in [1.165, 1.54) is 4.90 Å². The molecule has 0 aromatic carbocycles. The molecule has 1 unspecified atom stereocenters. The number of ether oxygens (including phenoxy) is 3. The van der Waals surface area contributed by atoms with Gasteiger partial charge in [-0.05, 0) is 6.42 Å². The highest BCUT2D eigenvalue weighted by Gasteiger charge is 2.35. The molecule has 1 aliphatic rings. The van der Waals surface area contributed by atoms with Crippen molar-refractivity contribution in [3.63, 3.8) is 0 Å². The lowest BCUT2D eigenvalue weighted by Gasteiger charge is -2.11. The standard InChI is InChI=1S/C22H38N6O6/c1-3-4-5-6-23-22(31)24-7-9-32-11-13-34-14-12-33-10-8-27-16-19(25-26-27)17-28-20(29)15-18(2)21(28)30/h16,18H,3-15,17H2,1-2H3,(H2,23,24,31). The summed E-state index contributed by atoms with van der Waals surface area (Å²) in [7, 11) is 0. The quantitative estimate of drug-likeness (QED) is 0.231. The van der Waals surface area contributed by atoms with Gasteiger partial charge in [0.25, 0.3) is 0 Å². The topological polar surface area (TPSA) is 137 Å². The van der Waals surface area contributed by atoms with E-state index < -0.39 is 0 Å². The van der Waals surface area contributed by atoms with Crippen LogP contribution in [0.5, 0.6) is 0 Å². The molecule has 0 bridgehead atoms. The van der Waals surface area contributed by atoms with E-state index in [9.17, 15) is 14.4 Å². The number of hydrogen-bond donors (Lipinski definition) is 2. The van der Waals surface area contributed by atoms with Crippen molar-refractivity contribution in [2.45, 2.75) is 52.6 Å². The average molecular weight is 483 g/mol. The van der Waals surface area contributed by atoms with Crippen molar-refractivity contribution in [1.29, 1.82) is 0 Å². The number of rotatable bonds is 18. The Bertz CT molecular complexity index is 758. The first-order valence-electron chi connectivity index (χ1n) is 12.0. The molecule has 4 amide bonds. The number of nitrogens with one attached hydrogen (secondary N) is 2. The van der Waals surface area contributed by atoms with Crippen molar-refractivity contribution in [1.82, 2.24) is 30.5 Å². The van der Waals surface area contributed by atoms with Gasteiger partial charge in [0, 0.05) is 25.4 Å². The third-order valence-electron chi connectivity index (χ3n) is 5.18. The van der Waals surface area contributed by atoms with Crippen molar-refractivity contribution < 1.29 is 28.6 Å². The predicted octanol–water partition coefficient (Wildman–Crippen LogP) is 0.712. The molecule has 192 valence electrons. The Balaban J connectivity index is 1.39. The first-order chi connectivity index (χ1) is 16.5. The maximum Gasteiger partial charge on any atom is 0.314 e. The monoisotopic (exact) mass is 482 g/mol. The average Bonchev–Trinajstić information content (AvgIpc) is 3.36. The minimum absolute atomic E-state index is 0.154. The van der Waals surface area contributed by atoms with E-state index in [0.717, 1.165) is 19.3 Å². The largest absolute Gasteiger partial charge is 0.377 e. The molecule has 2 heterocycles. The van der Waals surface area contributed by atoms with Crippen LogP contribution < -0.4 is 10.6 Å². The van der Waals surface area contributed by atoms with Crippen molar-refractivity contribution in [2.75, 3.05) is 52.7 Å². The lowest BCUT2D eigenvalue weighted by molar-refractivity contribution is -0.140. The first-order valence-corrected chi connectivity index (χ1v) is 12.0. The summed E-state index contributed by atoms with van der Waals surface area (Å²) in [6.45, 7) is 8.34. The van der Waals surface area contributed by atoms with Crippen LogP contribution in [-0.2, 0) is 36.9 Å². The Hall–Kier alpha value is -2.57. The summed E-state index contributed by atoms with van der Waals surface area (Å²) in [5.41, 5.74) is 0.571. The van der Waals surface area contributed by atoms with Crippen molar-refractivity contribution in [2.24, 2.45) is 5.92 Å². The van der Waals surface area contributed by atoms with Gasteiger partial charge in [-0.3, -0.25) is 14.5 Å². The zero-order chi connectivity index (χ0) is 24.6. The summed E-state index contributed by atoms with van der Waals surface area (Å²) >= 11 is 0. The van der Waals surface area contributed by atoms with Gasteiger partial charge in [0.1, 0.15) is 5.69 Å². The van der Waals surface area contributed by atoms with Crippen LogP contribution in [0.15, 0.2) is 6.20 Å². The fourth-order valence-electron chi connectivity index (χ4n) is 3.27. The van der Waals surface area contributed by atoms with E-state index >= 15 is 0 Å². The molecular weight excluding hydrogens is 444 g/mol. The Kier molecular flexibility index (Phi) is 13.1. The zero-order valence-corrected chi connectivity index (χ0v) is 20.3. The number of imide groups is 1. The van der Waals surface area contributed by atoms with Gasteiger partial charge in [0.2, 0.25) is 11.8 Å². The molecule has 0 radical (unpaired) electrons. The molecule has 2 N–H and O–H groups in total. The second-order valence-electron chi connectivity index (χ2n) is 8.12. The number of hydrogen-bond acceptors (Lipinski definition) is 8. The summed E-state index contributed by atoms with van der Waals surface area (Å²) in [5, 5.41) is 13.6. The van der Waals surface area contributed by atoms with Gasteiger partial charge in [-0.25, -0.2) is 9.48 Å². The van der Waals surface area contributed by atoms with Gasteiger partial charge in [-0.1, -0.05) is 31.9 Å². The number of urea groups is 1. The molecule has 0 spiro atoms. The predicted molar refractivity (Wildman–Crippen MR) is 123 cm³/mol. The second kappa shape index (κ2) is 16.1. The van der Waals surface area contributed by atoms with Crippen molar-refractivity contribution in [3.05, 3.63) is 11.9 Å². The highest BCUT2D eigenvalue weighted by molar-refractivity contribution is 6.03. The molecule has 2 rings (SSSR count). The van der Waals surface area contributed by atoms with Crippen LogP contribution >= 0.6 is 0 Å². The minimum Gasteiger partial charge on any atom is -0.377 e. The van der Waals surface area contributed by atoms with Gasteiger partial charge in [0.15, 0.2) is 0 Å². The van der Waals surface area contributed by atoms with Crippen LogP contribution in [-0.4, -0.2) is 90.5 Å². The molecule has 12 heteroatoms. The molecule has 34 heavy (non-hydrogen) atoms. The van der Waals surface area contributed by atoms with Crippen LogP contribution in [0.1, 0.15) is 45.2 Å². The second-order valence-corrected chi connectivity index (χ2v) is 8.12. The number of amides is 4. The summed E-state index contributed by atoms with van der Waals surface area (Å²) in [6.07, 6.45) is 5.20. The Morgan fingerprint density at radius 2 is 1.71 bits per heavy atom. The summed E-state index contributed by atoms with van der Waals surface area (Å²) in [6, 6.07) is -0.165. The zero-order valence-electron chi connectivity index (χ0n) is 20.3. The lowest BCUT2D eigenvalue weighted by Crippen LogP contribution is -2.37. The van der Waals surface area contributed by atoms with Crippen molar-refractivity contribution in [3.8, 4) is 0 Å². The summed E-state index contributed by atoms with van der Waals surface area (Å²) < 4.78 is 18.0. The highest BCUT2D eigenvalue weighted by atomic mass is 16.5. The van der Waals surface area contributed by atoms with E-state index in [2.05, 4.69) is 27.9 Å². The third kappa shape index (κ3) is 10.6. The Morgan fingerprint density at radius 1 is 1.03 bits per heavy atom. The van der Waals surface area contributed by atoms with Gasteiger partial charge >= 0.3 is 6.03 Å². The molecule has 1 fully saturated rings. The third-order valence-corrected chi connectivity index (χ3v) is 5.18. The molecule has 0 aliphatic carbocycles. The van der Waals surface area contributed by atoms with E-state index in [-0.39, 0.29) is 36.7 Å². The van der Waals surface area contributed by atoms with Crippen LogP contribution in [0.4, 0.5) is 4.79 Å². The SMILES string of the molecule is CCCCCNC(=O)NCCOCCOCCOCCn1cc(CN2C(=O)CC(C)C2=O)nn1. The smallest absolute Gasteiger partial charge is 0.314 e. The highest BCUT2D eigenvalue weighted by Crippen LogP contribution is 2.20. The number of aromatic nitrogens is 3. The fourth-order valence-corrected chi connectivity index (χ4v) is 3.27. The number of nitrogens with zero attached hydrogens (tertiary/aromatic N) is 4. The van der Waals surface area contributed by atoms with Crippen LogP contribution in [0.25, 0.3) is 0 Å². The molecule has 1 aromatic heterocycles. The number of carbonyl (C=O) groups is 3. The van der Waals surface area contributed by atoms with E-state index in [1.807, 2.05) is 0 Å². The molecule has 1 atom stereocenters. The number of likely N-dealkylation sites (tertiary alicyclic amines) is 1. The van der Waals surface area contributed by atoms with Crippen molar-refractivity contribution >= 4 is 17.8 Å². The molecule has 1 aliphatic heterocycles. The maximum absolute atomic E-state index is 12.0. The van der Waals surface area contributed by atoms with E-state index in [1.54, 1.807) is 17.8 Å². The van der Waals surface area contributed by atoms with Crippen LogP contribution in [0.3, 0.4) is 0 Å². The first kappa shape index (κ1) is 27.7. The van der Waals surface area contributed by atoms with Gasteiger partial charge < -0.3 is 24.8 Å². The van der Waals surface area contributed by atoms with Gasteiger partial charge in [-0.2, -0.15) is 0 Å². The molecule has 12 nitrogen and oxygen atoms in total. The minimum atomic E-state index is -0.264. The Morgan fingerprint density at radius 3 is 2.38 bits per heavy atom. The van der Waals surface area contributed by atoms with Crippen LogP contribution in [0, 0.1) is 5.92 Å². The molecule has 1 saturated heterocycles. The number of unbranched alkanes of at least 4 members (excludes halogenated alkanes) is 2. The lowest BCUT2D eigenvalue weighted by atomic mass is 10.1. The van der Waals surface area contributed by atoms with E-state index in [4.69, 9.17) is 14.2 Å². The summed E-state index contributed by atoms with van der Waals surface area (Å²) in [4.78, 5) is 36.6. The fraction of sp³-hybridized carbons (Fsp3) is 0.773. The molecular formula is C22H38N6O6. The Labute approximate surface area is 200 Å². The number of carbonyl (C=O) groups excluding carboxylic acids is 3. The van der Waals surface area contributed by atoms with E-state index in [0.29, 0.717) is 65.0 Å². The maximum atomic E-state index is 12.0. The summed E-state index contributed by atoms with van der Waals surface area (Å²) in [5.74, 6) is -0.594. The van der Waals surface area contributed by atoms with Crippen LogP contribution in [0.2, 0.25) is 0 Å². The molecule has 0 saturated carbocycles. The normalized spacial score (nSPS) is 15.8. The molecule has 1 aromatic rings. The van der Waals surface area contributed by atoms with Gasteiger partial charge in [0.05, 0.1) is 58.9 Å². The van der Waals surface area contributed by atoms with Gasteiger partial charge in [-0.15, -0.1) is 5.10 Å².